The molecule has 0 aliphatic carbocycles. The van der Waals surface area contributed by atoms with E-state index in [1.807, 2.05) is 6.92 Å². The van der Waals surface area contributed by atoms with Gasteiger partial charge in [-0.15, -0.1) is 0 Å². The molecule has 0 aromatic rings. The summed E-state index contributed by atoms with van der Waals surface area (Å²) in [5.41, 5.74) is -0.682. The lowest BCUT2D eigenvalue weighted by molar-refractivity contribution is -0.142. The Kier molecular flexibility index (Phi) is 3.71. The molecule has 0 bridgehead atoms. The van der Waals surface area contributed by atoms with Gasteiger partial charge in [-0.2, -0.15) is 0 Å². The van der Waals surface area contributed by atoms with E-state index in [1.54, 1.807) is 16.7 Å². The molecule has 0 unspecified atom stereocenters. The number of hydrogen-bond donors (Lipinski definition) is 2. The minimum Gasteiger partial charge on any atom is -0.481 e. The van der Waals surface area contributed by atoms with Crippen LogP contribution in [0.2, 0.25) is 0 Å². The third kappa shape index (κ3) is 3.00. The number of urea groups is 1. The Morgan fingerprint density at radius 1 is 1.16 bits per heavy atom. The van der Waals surface area contributed by atoms with E-state index in [2.05, 4.69) is 0 Å². The van der Waals surface area contributed by atoms with Crippen LogP contribution in [0.4, 0.5) is 4.79 Å². The van der Waals surface area contributed by atoms with Crippen molar-refractivity contribution < 1.29 is 19.8 Å². The zero-order valence-corrected chi connectivity index (χ0v) is 11.5. The van der Waals surface area contributed by atoms with Crippen molar-refractivity contribution in [3.05, 3.63) is 0 Å². The van der Waals surface area contributed by atoms with Crippen molar-refractivity contribution in [2.45, 2.75) is 32.3 Å². The highest BCUT2D eigenvalue weighted by molar-refractivity contribution is 5.77. The fourth-order valence-corrected chi connectivity index (χ4v) is 2.82. The predicted octanol–water partition coefficient (Wildman–Crippen LogP) is 0.606. The molecule has 108 valence electrons. The number of aliphatic carboxylic acids is 1. The van der Waals surface area contributed by atoms with Gasteiger partial charge in [0.15, 0.2) is 0 Å². The summed E-state index contributed by atoms with van der Waals surface area (Å²) in [4.78, 5) is 26.7. The van der Waals surface area contributed by atoms with Crippen LogP contribution in [0.5, 0.6) is 0 Å². The summed E-state index contributed by atoms with van der Waals surface area (Å²) in [6, 6.07) is -0.0916. The summed E-state index contributed by atoms with van der Waals surface area (Å²) < 4.78 is 0. The zero-order chi connectivity index (χ0) is 14.2. The lowest BCUT2D eigenvalue weighted by Gasteiger charge is -2.37. The minimum atomic E-state index is -0.829. The van der Waals surface area contributed by atoms with Crippen LogP contribution in [-0.2, 0) is 4.79 Å². The molecule has 0 radical (unpaired) electrons. The molecule has 2 saturated heterocycles. The molecule has 0 aromatic heterocycles. The SMILES string of the molecule is C[C@@H]1CN(C(=O)N2CCC(C)(O)CC2)C[C@H]1C(=O)O. The van der Waals surface area contributed by atoms with E-state index >= 15 is 0 Å². The molecule has 2 N–H and O–H groups in total. The van der Waals surface area contributed by atoms with Crippen molar-refractivity contribution >= 4 is 12.0 Å². The van der Waals surface area contributed by atoms with E-state index in [4.69, 9.17) is 5.11 Å². The molecule has 2 atom stereocenters. The first-order valence-electron chi connectivity index (χ1n) is 6.79. The van der Waals surface area contributed by atoms with Crippen LogP contribution in [0.15, 0.2) is 0 Å². The quantitative estimate of drug-likeness (QED) is 0.731. The molecule has 2 amide bonds. The monoisotopic (exact) mass is 270 g/mol. The molecule has 6 nitrogen and oxygen atoms in total. The van der Waals surface area contributed by atoms with Gasteiger partial charge in [-0.3, -0.25) is 4.79 Å². The third-order valence-electron chi connectivity index (χ3n) is 4.31. The van der Waals surface area contributed by atoms with Gasteiger partial charge in [0.25, 0.3) is 0 Å². The molecule has 2 rings (SSSR count). The Morgan fingerprint density at radius 2 is 1.74 bits per heavy atom. The lowest BCUT2D eigenvalue weighted by Crippen LogP contribution is -2.49. The van der Waals surface area contributed by atoms with Crippen molar-refractivity contribution in [3.63, 3.8) is 0 Å². The van der Waals surface area contributed by atoms with E-state index < -0.39 is 17.5 Å². The van der Waals surface area contributed by atoms with Crippen LogP contribution in [0.1, 0.15) is 26.7 Å². The van der Waals surface area contributed by atoms with Crippen molar-refractivity contribution in [3.8, 4) is 0 Å². The Balaban J connectivity index is 1.93. The van der Waals surface area contributed by atoms with Crippen LogP contribution >= 0.6 is 0 Å². The van der Waals surface area contributed by atoms with Crippen LogP contribution in [-0.4, -0.2) is 63.8 Å². The van der Waals surface area contributed by atoms with Crippen LogP contribution in [0.3, 0.4) is 0 Å². The number of amides is 2. The summed E-state index contributed by atoms with van der Waals surface area (Å²) in [5.74, 6) is -1.30. The normalized spacial score (nSPS) is 30.5. The number of aliphatic hydroxyl groups is 1. The first kappa shape index (κ1) is 14.1. The first-order valence-corrected chi connectivity index (χ1v) is 6.79. The fourth-order valence-electron chi connectivity index (χ4n) is 2.82. The molecular formula is C13H22N2O4. The number of carbonyl (C=O) groups excluding carboxylic acids is 1. The number of piperidine rings is 1. The maximum absolute atomic E-state index is 12.3. The van der Waals surface area contributed by atoms with Gasteiger partial charge < -0.3 is 20.0 Å². The van der Waals surface area contributed by atoms with Crippen LogP contribution < -0.4 is 0 Å². The number of rotatable bonds is 1. The highest BCUT2D eigenvalue weighted by atomic mass is 16.4. The molecule has 0 spiro atoms. The number of carbonyl (C=O) groups is 2. The van der Waals surface area contributed by atoms with E-state index in [-0.39, 0.29) is 11.9 Å². The van der Waals surface area contributed by atoms with Gasteiger partial charge in [-0.25, -0.2) is 4.79 Å². The summed E-state index contributed by atoms with van der Waals surface area (Å²) in [7, 11) is 0. The topological polar surface area (TPSA) is 81.1 Å². The second-order valence-electron chi connectivity index (χ2n) is 6.09. The van der Waals surface area contributed by atoms with Crippen molar-refractivity contribution in [1.82, 2.24) is 9.80 Å². The Bertz CT molecular complexity index is 373. The largest absolute Gasteiger partial charge is 0.481 e. The second kappa shape index (κ2) is 5.00. The molecule has 0 aromatic carbocycles. The van der Waals surface area contributed by atoms with Crippen LogP contribution in [0, 0.1) is 11.8 Å². The molecule has 2 fully saturated rings. The number of carboxylic acids is 1. The van der Waals surface area contributed by atoms with E-state index in [9.17, 15) is 14.7 Å². The summed E-state index contributed by atoms with van der Waals surface area (Å²) in [5, 5.41) is 18.9. The summed E-state index contributed by atoms with van der Waals surface area (Å²) in [6.07, 6.45) is 1.15. The van der Waals surface area contributed by atoms with Gasteiger partial charge in [-0.1, -0.05) is 6.92 Å². The highest BCUT2D eigenvalue weighted by Gasteiger charge is 2.39. The highest BCUT2D eigenvalue weighted by Crippen LogP contribution is 2.26. The number of hydrogen-bond acceptors (Lipinski definition) is 3. The van der Waals surface area contributed by atoms with Crippen LogP contribution in [0.25, 0.3) is 0 Å². The van der Waals surface area contributed by atoms with Gasteiger partial charge in [-0.05, 0) is 25.7 Å². The first-order chi connectivity index (χ1) is 8.80. The number of likely N-dealkylation sites (tertiary alicyclic amines) is 2. The van der Waals surface area contributed by atoms with Crippen molar-refractivity contribution in [2.24, 2.45) is 11.8 Å². The van der Waals surface area contributed by atoms with Gasteiger partial charge >= 0.3 is 12.0 Å². The van der Waals surface area contributed by atoms with Gasteiger partial charge in [0, 0.05) is 26.2 Å². The smallest absolute Gasteiger partial charge is 0.320 e. The summed E-state index contributed by atoms with van der Waals surface area (Å²) >= 11 is 0. The molecule has 2 aliphatic rings. The van der Waals surface area contributed by atoms with E-state index in [0.717, 1.165) is 0 Å². The summed E-state index contributed by atoms with van der Waals surface area (Å²) in [6.45, 7) is 5.52. The zero-order valence-electron chi connectivity index (χ0n) is 11.5. The maximum Gasteiger partial charge on any atom is 0.320 e. The minimum absolute atomic E-state index is 0.00523. The Morgan fingerprint density at radius 3 is 2.21 bits per heavy atom. The van der Waals surface area contributed by atoms with Crippen molar-refractivity contribution in [2.75, 3.05) is 26.2 Å². The Hall–Kier alpha value is -1.30. The predicted molar refractivity (Wildman–Crippen MR) is 68.7 cm³/mol. The standard InChI is InChI=1S/C13H22N2O4/c1-9-7-15(8-10(9)11(16)17)12(18)14-5-3-13(2,19)4-6-14/h9-10,19H,3-8H2,1-2H3,(H,16,17)/t9-,10-/m1/s1. The van der Waals surface area contributed by atoms with Gasteiger partial charge in [0.1, 0.15) is 0 Å². The van der Waals surface area contributed by atoms with Gasteiger partial charge in [0.05, 0.1) is 11.5 Å². The fraction of sp³-hybridized carbons (Fsp3) is 0.846. The Labute approximate surface area is 113 Å². The number of nitrogens with zero attached hydrogens (tertiary/aromatic N) is 2. The molecular weight excluding hydrogens is 248 g/mol. The van der Waals surface area contributed by atoms with Crippen molar-refractivity contribution in [1.29, 1.82) is 0 Å². The second-order valence-corrected chi connectivity index (χ2v) is 6.09. The molecule has 2 heterocycles. The third-order valence-corrected chi connectivity index (χ3v) is 4.31. The molecule has 6 heteroatoms. The van der Waals surface area contributed by atoms with E-state index in [1.165, 1.54) is 0 Å². The molecule has 0 saturated carbocycles. The average molecular weight is 270 g/mol. The average Bonchev–Trinajstić information content (AvgIpc) is 2.70. The number of carboxylic acid groups (broad SMARTS) is 1. The molecule has 2 aliphatic heterocycles. The van der Waals surface area contributed by atoms with E-state index in [0.29, 0.717) is 39.0 Å². The maximum atomic E-state index is 12.3. The lowest BCUT2D eigenvalue weighted by atomic mass is 9.94. The van der Waals surface area contributed by atoms with Gasteiger partial charge in [0.2, 0.25) is 0 Å². The molecule has 19 heavy (non-hydrogen) atoms.